The Kier molecular flexibility index (Phi) is 9.39. The molecule has 4 rings (SSSR count). The molecule has 0 bridgehead atoms. The van der Waals surface area contributed by atoms with Gasteiger partial charge in [0.05, 0.1) is 37.6 Å². The number of hydrogen-bond donors (Lipinski definition) is 0. The van der Waals surface area contributed by atoms with Crippen LogP contribution in [0.5, 0.6) is 11.5 Å². The average Bonchev–Trinajstić information content (AvgIpc) is 3.25. The van der Waals surface area contributed by atoms with Gasteiger partial charge in [-0.05, 0) is 49.2 Å². The molecule has 10 heteroatoms. The van der Waals surface area contributed by atoms with Crippen molar-refractivity contribution in [1.29, 1.82) is 0 Å². The van der Waals surface area contributed by atoms with Gasteiger partial charge in [-0.15, -0.1) is 12.4 Å². The number of benzene rings is 2. The Bertz CT molecular complexity index is 1130. The topological polar surface area (TPSA) is 64.1 Å². The number of morpholine rings is 1. The van der Waals surface area contributed by atoms with Crippen molar-refractivity contribution in [2.24, 2.45) is 0 Å². The molecule has 3 aromatic rings. The minimum Gasteiger partial charge on any atom is -0.493 e. The van der Waals surface area contributed by atoms with Crippen LogP contribution in [0.2, 0.25) is 5.02 Å². The molecule has 184 valence electrons. The summed E-state index contributed by atoms with van der Waals surface area (Å²) in [7, 11) is 3.14. The standard InChI is InChI=1S/C24H28ClN3O4S.ClH/c1-16-13-18(25)15-21-22(16)26-24(33-21)28(8-4-7-27-9-11-32-12-10-27)23(29)17-5-6-19(30-2)20(14-17)31-3;/h5-6,13-15H,4,7-12H2,1-3H3;1H. The van der Waals surface area contributed by atoms with Crippen LogP contribution < -0.4 is 14.4 Å². The molecule has 1 aliphatic rings. The minimum absolute atomic E-state index is 0. The third kappa shape index (κ3) is 5.93. The number of hydrogen-bond acceptors (Lipinski definition) is 7. The van der Waals surface area contributed by atoms with Crippen LogP contribution in [-0.4, -0.2) is 69.4 Å². The van der Waals surface area contributed by atoms with E-state index < -0.39 is 0 Å². The van der Waals surface area contributed by atoms with Gasteiger partial charge in [-0.25, -0.2) is 4.98 Å². The number of fused-ring (bicyclic) bond motifs is 1. The third-order valence-corrected chi connectivity index (χ3v) is 6.95. The Morgan fingerprint density at radius 2 is 1.91 bits per heavy atom. The summed E-state index contributed by atoms with van der Waals surface area (Å²) >= 11 is 7.74. The first-order valence-electron chi connectivity index (χ1n) is 10.9. The van der Waals surface area contributed by atoms with Crippen LogP contribution in [0.15, 0.2) is 30.3 Å². The molecule has 1 amide bonds. The van der Waals surface area contributed by atoms with Crippen LogP contribution in [-0.2, 0) is 4.74 Å². The Hall–Kier alpha value is -2.10. The van der Waals surface area contributed by atoms with Crippen molar-refractivity contribution in [3.63, 3.8) is 0 Å². The second-order valence-electron chi connectivity index (χ2n) is 7.90. The number of thiazole rings is 1. The molecule has 2 aromatic carbocycles. The lowest BCUT2D eigenvalue weighted by molar-refractivity contribution is 0.0376. The predicted octanol–water partition coefficient (Wildman–Crippen LogP) is 5.07. The molecule has 2 heterocycles. The van der Waals surface area contributed by atoms with E-state index in [-0.39, 0.29) is 18.3 Å². The summed E-state index contributed by atoms with van der Waals surface area (Å²) in [5.41, 5.74) is 2.39. The smallest absolute Gasteiger partial charge is 0.260 e. The number of ether oxygens (including phenoxy) is 3. The molecule has 0 saturated carbocycles. The number of rotatable bonds is 8. The zero-order chi connectivity index (χ0) is 23.4. The van der Waals surface area contributed by atoms with Crippen LogP contribution >= 0.6 is 35.3 Å². The van der Waals surface area contributed by atoms with Crippen molar-refractivity contribution < 1.29 is 19.0 Å². The second-order valence-corrected chi connectivity index (χ2v) is 9.35. The van der Waals surface area contributed by atoms with E-state index in [1.165, 1.54) is 11.3 Å². The van der Waals surface area contributed by atoms with Crippen LogP contribution in [0.1, 0.15) is 22.3 Å². The van der Waals surface area contributed by atoms with Gasteiger partial charge >= 0.3 is 0 Å². The zero-order valence-electron chi connectivity index (χ0n) is 19.5. The number of aromatic nitrogens is 1. The predicted molar refractivity (Wildman–Crippen MR) is 140 cm³/mol. The van der Waals surface area contributed by atoms with Crippen molar-refractivity contribution >= 4 is 56.6 Å². The Morgan fingerprint density at radius 3 is 2.62 bits per heavy atom. The fourth-order valence-corrected chi connectivity index (χ4v) is 5.39. The third-order valence-electron chi connectivity index (χ3n) is 5.71. The molecule has 0 unspecified atom stereocenters. The molecule has 1 aliphatic heterocycles. The monoisotopic (exact) mass is 525 g/mol. The highest BCUT2D eigenvalue weighted by Gasteiger charge is 2.23. The van der Waals surface area contributed by atoms with E-state index in [1.54, 1.807) is 37.3 Å². The van der Waals surface area contributed by atoms with E-state index in [4.69, 9.17) is 30.8 Å². The normalized spacial score (nSPS) is 14.0. The molecule has 1 fully saturated rings. The molecule has 7 nitrogen and oxygen atoms in total. The Labute approximate surface area is 215 Å². The Balaban J connectivity index is 0.00000324. The van der Waals surface area contributed by atoms with Gasteiger partial charge in [0.1, 0.15) is 0 Å². The minimum atomic E-state index is -0.124. The van der Waals surface area contributed by atoms with Crippen molar-refractivity contribution in [1.82, 2.24) is 9.88 Å². The average molecular weight is 526 g/mol. The molecule has 0 radical (unpaired) electrons. The van der Waals surface area contributed by atoms with Gasteiger partial charge in [0.2, 0.25) is 0 Å². The molecule has 0 N–H and O–H groups in total. The van der Waals surface area contributed by atoms with E-state index >= 15 is 0 Å². The molecular formula is C24H29Cl2N3O4S. The lowest BCUT2D eigenvalue weighted by Gasteiger charge is -2.27. The number of methoxy groups -OCH3 is 2. The van der Waals surface area contributed by atoms with Gasteiger partial charge in [-0.3, -0.25) is 14.6 Å². The highest BCUT2D eigenvalue weighted by Crippen LogP contribution is 2.35. The van der Waals surface area contributed by atoms with E-state index in [2.05, 4.69) is 4.90 Å². The highest BCUT2D eigenvalue weighted by molar-refractivity contribution is 7.22. The lowest BCUT2D eigenvalue weighted by Crippen LogP contribution is -2.39. The van der Waals surface area contributed by atoms with E-state index in [9.17, 15) is 4.79 Å². The summed E-state index contributed by atoms with van der Waals surface area (Å²) in [6.07, 6.45) is 0.828. The van der Waals surface area contributed by atoms with Crippen molar-refractivity contribution in [2.45, 2.75) is 13.3 Å². The second kappa shape index (κ2) is 12.0. The molecule has 0 spiro atoms. The summed E-state index contributed by atoms with van der Waals surface area (Å²) < 4.78 is 17.1. The number of halogens is 2. The SMILES string of the molecule is COc1ccc(C(=O)N(CCCN2CCOCC2)c2nc3c(C)cc(Cl)cc3s2)cc1OC.Cl. The number of nitrogens with zero attached hydrogens (tertiary/aromatic N) is 3. The zero-order valence-corrected chi connectivity index (χ0v) is 21.9. The van der Waals surface area contributed by atoms with E-state index in [0.29, 0.717) is 33.8 Å². The van der Waals surface area contributed by atoms with Gasteiger partial charge in [0.15, 0.2) is 16.6 Å². The van der Waals surface area contributed by atoms with Gasteiger partial charge in [-0.1, -0.05) is 22.9 Å². The molecule has 0 aliphatic carbocycles. The van der Waals surface area contributed by atoms with E-state index in [0.717, 1.165) is 55.0 Å². The fourth-order valence-electron chi connectivity index (χ4n) is 3.94. The first kappa shape index (κ1) is 26.5. The quantitative estimate of drug-likeness (QED) is 0.409. The molecule has 1 saturated heterocycles. The van der Waals surface area contributed by atoms with Crippen LogP contribution in [0.4, 0.5) is 5.13 Å². The summed E-state index contributed by atoms with van der Waals surface area (Å²) in [6, 6.07) is 9.02. The maximum Gasteiger partial charge on any atom is 0.260 e. The van der Waals surface area contributed by atoms with Gasteiger partial charge < -0.3 is 14.2 Å². The molecular weight excluding hydrogens is 497 g/mol. The maximum atomic E-state index is 13.7. The first-order chi connectivity index (χ1) is 16.0. The summed E-state index contributed by atoms with van der Waals surface area (Å²) in [5, 5.41) is 1.33. The first-order valence-corrected chi connectivity index (χ1v) is 12.1. The number of carbonyl (C=O) groups is 1. The van der Waals surface area contributed by atoms with Crippen molar-refractivity contribution in [3.8, 4) is 11.5 Å². The number of aryl methyl sites for hydroxylation is 1. The summed E-state index contributed by atoms with van der Waals surface area (Å²) in [6.45, 7) is 6.78. The van der Waals surface area contributed by atoms with E-state index in [1.807, 2.05) is 19.1 Å². The summed E-state index contributed by atoms with van der Waals surface area (Å²) in [4.78, 5) is 22.6. The van der Waals surface area contributed by atoms with Crippen molar-refractivity contribution in [2.75, 3.05) is 58.5 Å². The van der Waals surface area contributed by atoms with Gasteiger partial charge in [-0.2, -0.15) is 0 Å². The molecule has 1 aromatic heterocycles. The van der Waals surface area contributed by atoms with Crippen LogP contribution in [0.25, 0.3) is 10.2 Å². The number of anilines is 1. The Morgan fingerprint density at radius 1 is 1.18 bits per heavy atom. The summed E-state index contributed by atoms with van der Waals surface area (Å²) in [5.74, 6) is 0.974. The number of carbonyl (C=O) groups excluding carboxylic acids is 1. The van der Waals surface area contributed by atoms with Gasteiger partial charge in [0.25, 0.3) is 5.91 Å². The molecule has 34 heavy (non-hydrogen) atoms. The van der Waals surface area contributed by atoms with Crippen LogP contribution in [0, 0.1) is 6.92 Å². The lowest BCUT2D eigenvalue weighted by atomic mass is 10.1. The van der Waals surface area contributed by atoms with Gasteiger partial charge in [0, 0.05) is 36.8 Å². The number of amides is 1. The maximum absolute atomic E-state index is 13.7. The fraction of sp³-hybridized carbons (Fsp3) is 0.417. The van der Waals surface area contributed by atoms with Crippen molar-refractivity contribution in [3.05, 3.63) is 46.5 Å². The largest absolute Gasteiger partial charge is 0.493 e. The molecule has 0 atom stereocenters. The van der Waals surface area contributed by atoms with Crippen LogP contribution in [0.3, 0.4) is 0 Å². The highest BCUT2D eigenvalue weighted by atomic mass is 35.5.